The van der Waals surface area contributed by atoms with E-state index in [0.717, 1.165) is 5.69 Å². The fourth-order valence-electron chi connectivity index (χ4n) is 1.16. The van der Waals surface area contributed by atoms with Crippen molar-refractivity contribution < 1.29 is 0 Å². The van der Waals surface area contributed by atoms with Gasteiger partial charge >= 0.3 is 0 Å². The molecule has 14 heavy (non-hydrogen) atoms. The zero-order valence-electron chi connectivity index (χ0n) is 8.76. The van der Waals surface area contributed by atoms with Gasteiger partial charge in [-0.3, -0.25) is 5.41 Å². The van der Waals surface area contributed by atoms with Crippen LogP contribution in [0.3, 0.4) is 0 Å². The van der Waals surface area contributed by atoms with Gasteiger partial charge in [-0.05, 0) is 32.9 Å². The van der Waals surface area contributed by atoms with Crippen LogP contribution in [0.4, 0.5) is 5.82 Å². The van der Waals surface area contributed by atoms with Crippen molar-refractivity contribution in [3.63, 3.8) is 0 Å². The number of aryl methyl sites for hydroxylation is 1. The molecule has 0 aliphatic rings. The molecule has 0 atom stereocenters. The lowest BCUT2D eigenvalue weighted by Crippen LogP contribution is -2.19. The predicted octanol–water partition coefficient (Wildman–Crippen LogP) is 1.49. The molecule has 0 spiro atoms. The maximum atomic E-state index is 7.39. The third-order valence-corrected chi connectivity index (χ3v) is 1.75. The van der Waals surface area contributed by atoms with E-state index in [1.54, 1.807) is 0 Å². The molecule has 1 rings (SSSR count). The van der Waals surface area contributed by atoms with Crippen molar-refractivity contribution in [3.05, 3.63) is 23.4 Å². The summed E-state index contributed by atoms with van der Waals surface area (Å²) < 4.78 is 0. The molecule has 0 aliphatic heterocycles. The lowest BCUT2D eigenvalue weighted by Gasteiger charge is -2.13. The Morgan fingerprint density at radius 3 is 2.64 bits per heavy atom. The number of amidine groups is 1. The Morgan fingerprint density at radius 1 is 1.50 bits per heavy atom. The van der Waals surface area contributed by atoms with Crippen molar-refractivity contribution >= 4 is 11.7 Å². The molecule has 1 aromatic heterocycles. The highest BCUT2D eigenvalue weighted by atomic mass is 15.0. The number of rotatable bonds is 3. The van der Waals surface area contributed by atoms with Crippen LogP contribution in [0.15, 0.2) is 12.1 Å². The average Bonchev–Trinajstić information content (AvgIpc) is 2.01. The van der Waals surface area contributed by atoms with Crippen molar-refractivity contribution in [2.24, 2.45) is 5.73 Å². The number of pyridine rings is 1. The highest BCUT2D eigenvalue weighted by Gasteiger charge is 2.07. The minimum Gasteiger partial charge on any atom is -0.384 e. The third-order valence-electron chi connectivity index (χ3n) is 1.75. The van der Waals surface area contributed by atoms with E-state index in [2.05, 4.69) is 10.3 Å². The summed E-state index contributed by atoms with van der Waals surface area (Å²) in [5, 5.41) is 10.6. The first-order valence-electron chi connectivity index (χ1n) is 4.59. The number of anilines is 1. The maximum absolute atomic E-state index is 7.39. The first-order valence-corrected chi connectivity index (χ1v) is 4.59. The summed E-state index contributed by atoms with van der Waals surface area (Å²) in [5.74, 6) is 0.730. The molecule has 1 heterocycles. The van der Waals surface area contributed by atoms with Crippen molar-refractivity contribution in [3.8, 4) is 0 Å². The lowest BCUT2D eigenvalue weighted by atomic mass is 10.2. The topological polar surface area (TPSA) is 74.8 Å². The summed E-state index contributed by atoms with van der Waals surface area (Å²) in [6, 6.07) is 3.94. The monoisotopic (exact) mass is 192 g/mol. The summed E-state index contributed by atoms with van der Waals surface area (Å²) >= 11 is 0. The lowest BCUT2D eigenvalue weighted by molar-refractivity contribution is 0.885. The zero-order valence-corrected chi connectivity index (χ0v) is 8.76. The number of hydrogen-bond acceptors (Lipinski definition) is 3. The van der Waals surface area contributed by atoms with Gasteiger partial charge < -0.3 is 11.1 Å². The van der Waals surface area contributed by atoms with Gasteiger partial charge in [0.15, 0.2) is 0 Å². The number of hydrogen-bond donors (Lipinski definition) is 3. The van der Waals surface area contributed by atoms with E-state index in [-0.39, 0.29) is 11.9 Å². The molecule has 0 amide bonds. The second-order valence-corrected chi connectivity index (χ2v) is 3.56. The summed E-state index contributed by atoms with van der Waals surface area (Å²) in [7, 11) is 0. The van der Waals surface area contributed by atoms with Crippen LogP contribution in [-0.4, -0.2) is 16.9 Å². The highest BCUT2D eigenvalue weighted by Crippen LogP contribution is 2.13. The average molecular weight is 192 g/mol. The van der Waals surface area contributed by atoms with E-state index in [4.69, 9.17) is 11.1 Å². The van der Waals surface area contributed by atoms with Crippen LogP contribution < -0.4 is 11.1 Å². The fourth-order valence-corrected chi connectivity index (χ4v) is 1.16. The molecular weight excluding hydrogens is 176 g/mol. The minimum absolute atomic E-state index is 0.0423. The van der Waals surface area contributed by atoms with Crippen molar-refractivity contribution in [1.82, 2.24) is 4.98 Å². The summed E-state index contributed by atoms with van der Waals surface area (Å²) in [4.78, 5) is 4.30. The molecule has 1 aromatic rings. The molecule has 0 radical (unpaired) electrons. The largest absolute Gasteiger partial charge is 0.384 e. The van der Waals surface area contributed by atoms with Gasteiger partial charge in [-0.1, -0.05) is 0 Å². The Kier molecular flexibility index (Phi) is 3.06. The van der Waals surface area contributed by atoms with Gasteiger partial charge in [-0.15, -0.1) is 0 Å². The van der Waals surface area contributed by atoms with Gasteiger partial charge in [0.05, 0.1) is 5.56 Å². The fraction of sp³-hybridized carbons (Fsp3) is 0.400. The van der Waals surface area contributed by atoms with Gasteiger partial charge in [0, 0.05) is 11.7 Å². The quantitative estimate of drug-likeness (QED) is 0.501. The van der Waals surface area contributed by atoms with E-state index in [1.165, 1.54) is 0 Å². The van der Waals surface area contributed by atoms with E-state index < -0.39 is 0 Å². The SMILES string of the molecule is Cc1ccc(C(=N)N)c(NC(C)C)n1. The molecule has 0 saturated carbocycles. The zero-order chi connectivity index (χ0) is 10.7. The van der Waals surface area contributed by atoms with Gasteiger partial charge in [0.2, 0.25) is 0 Å². The molecule has 0 aromatic carbocycles. The first-order chi connectivity index (χ1) is 6.50. The van der Waals surface area contributed by atoms with Crippen molar-refractivity contribution in [2.45, 2.75) is 26.8 Å². The molecule has 4 nitrogen and oxygen atoms in total. The second kappa shape index (κ2) is 4.09. The molecular formula is C10H16N4. The summed E-state index contributed by atoms with van der Waals surface area (Å²) in [6.45, 7) is 5.96. The van der Waals surface area contributed by atoms with Crippen LogP contribution >= 0.6 is 0 Å². The number of nitrogens with two attached hydrogens (primary N) is 1. The van der Waals surface area contributed by atoms with Gasteiger partial charge in [0.25, 0.3) is 0 Å². The first kappa shape index (κ1) is 10.5. The smallest absolute Gasteiger partial charge is 0.137 e. The van der Waals surface area contributed by atoms with E-state index in [0.29, 0.717) is 11.4 Å². The van der Waals surface area contributed by atoms with Crippen molar-refractivity contribution in [2.75, 3.05) is 5.32 Å². The van der Waals surface area contributed by atoms with Gasteiger partial charge in [-0.25, -0.2) is 4.98 Å². The van der Waals surface area contributed by atoms with E-state index in [1.807, 2.05) is 32.9 Å². The molecule has 0 aliphatic carbocycles. The highest BCUT2D eigenvalue weighted by molar-refractivity contribution is 5.99. The summed E-state index contributed by atoms with van der Waals surface area (Å²) in [6.07, 6.45) is 0. The predicted molar refractivity (Wildman–Crippen MR) is 58.7 cm³/mol. The van der Waals surface area contributed by atoms with Crippen LogP contribution in [0.1, 0.15) is 25.1 Å². The standard InChI is InChI=1S/C10H16N4/c1-6(2)13-10-8(9(11)12)5-4-7(3)14-10/h4-6H,1-3H3,(H3,11,12)(H,13,14). The van der Waals surface area contributed by atoms with Crippen LogP contribution in [0.25, 0.3) is 0 Å². The normalized spacial score (nSPS) is 10.3. The molecule has 0 saturated heterocycles. The molecule has 4 N–H and O–H groups in total. The Balaban J connectivity index is 3.09. The third kappa shape index (κ3) is 2.45. The van der Waals surface area contributed by atoms with Crippen molar-refractivity contribution in [1.29, 1.82) is 5.41 Å². The van der Waals surface area contributed by atoms with Gasteiger partial charge in [0.1, 0.15) is 11.7 Å². The molecule has 76 valence electrons. The summed E-state index contributed by atoms with van der Waals surface area (Å²) in [5.41, 5.74) is 7.02. The Hall–Kier alpha value is -1.58. The molecule has 0 unspecified atom stereocenters. The number of nitrogen functional groups attached to an aromatic ring is 1. The Morgan fingerprint density at radius 2 is 2.14 bits per heavy atom. The Bertz CT molecular complexity index is 344. The molecule has 0 bridgehead atoms. The van der Waals surface area contributed by atoms with E-state index in [9.17, 15) is 0 Å². The minimum atomic E-state index is 0.0423. The van der Waals surface area contributed by atoms with Gasteiger partial charge in [-0.2, -0.15) is 0 Å². The second-order valence-electron chi connectivity index (χ2n) is 3.56. The Labute approximate surface area is 84.1 Å². The maximum Gasteiger partial charge on any atom is 0.137 e. The molecule has 4 heteroatoms. The number of aromatic nitrogens is 1. The van der Waals surface area contributed by atoms with E-state index >= 15 is 0 Å². The van der Waals surface area contributed by atoms with Crippen LogP contribution in [0, 0.1) is 12.3 Å². The number of nitrogens with zero attached hydrogens (tertiary/aromatic N) is 1. The number of nitrogens with one attached hydrogen (secondary N) is 2. The molecule has 0 fully saturated rings. The van der Waals surface area contributed by atoms with Crippen LogP contribution in [0.5, 0.6) is 0 Å². The van der Waals surface area contributed by atoms with Crippen LogP contribution in [0.2, 0.25) is 0 Å². The van der Waals surface area contributed by atoms with Crippen LogP contribution in [-0.2, 0) is 0 Å².